The van der Waals surface area contributed by atoms with Crippen LogP contribution in [0.1, 0.15) is 20.3 Å². The van der Waals surface area contributed by atoms with E-state index in [2.05, 4.69) is 17.6 Å². The SMILES string of the molecule is CC(CC1COCCN1)NC(C)CS(C)(=O)=O. The number of ether oxygens (including phenoxy) is 1. The summed E-state index contributed by atoms with van der Waals surface area (Å²) in [6.07, 6.45) is 2.22. The number of rotatable bonds is 6. The van der Waals surface area contributed by atoms with Crippen molar-refractivity contribution in [2.45, 2.75) is 38.4 Å². The summed E-state index contributed by atoms with van der Waals surface area (Å²) in [5.74, 6) is 0.186. The molecule has 0 aromatic carbocycles. The Bertz CT molecular complexity index is 313. The molecule has 6 heteroatoms. The van der Waals surface area contributed by atoms with Gasteiger partial charge in [0.1, 0.15) is 9.84 Å². The number of hydrogen-bond acceptors (Lipinski definition) is 5. The molecule has 1 heterocycles. The lowest BCUT2D eigenvalue weighted by molar-refractivity contribution is 0.0709. The van der Waals surface area contributed by atoms with Gasteiger partial charge in [0, 0.05) is 30.9 Å². The monoisotopic (exact) mass is 264 g/mol. The van der Waals surface area contributed by atoms with E-state index in [0.717, 1.165) is 26.2 Å². The molecule has 2 N–H and O–H groups in total. The van der Waals surface area contributed by atoms with Crippen LogP contribution in [-0.2, 0) is 14.6 Å². The Morgan fingerprint density at radius 2 is 2.12 bits per heavy atom. The predicted molar refractivity (Wildman–Crippen MR) is 69.0 cm³/mol. The number of sulfone groups is 1. The Morgan fingerprint density at radius 1 is 1.41 bits per heavy atom. The Morgan fingerprint density at radius 3 is 2.65 bits per heavy atom. The average Bonchev–Trinajstić information content (AvgIpc) is 2.15. The first-order chi connectivity index (χ1) is 7.87. The van der Waals surface area contributed by atoms with Crippen molar-refractivity contribution in [2.75, 3.05) is 31.8 Å². The zero-order chi connectivity index (χ0) is 12.9. The standard InChI is InChI=1S/C11H24N2O3S/c1-9(6-11-7-16-5-4-12-11)13-10(2)8-17(3,14)15/h9-13H,4-8H2,1-3H3. The van der Waals surface area contributed by atoms with Crippen LogP contribution in [0.5, 0.6) is 0 Å². The first-order valence-corrected chi connectivity index (χ1v) is 8.18. The third kappa shape index (κ3) is 6.98. The number of nitrogens with one attached hydrogen (secondary N) is 2. The van der Waals surface area contributed by atoms with E-state index in [4.69, 9.17) is 4.74 Å². The van der Waals surface area contributed by atoms with Gasteiger partial charge in [-0.05, 0) is 20.3 Å². The molecule has 0 spiro atoms. The maximum absolute atomic E-state index is 11.1. The molecule has 1 saturated heterocycles. The van der Waals surface area contributed by atoms with Crippen molar-refractivity contribution < 1.29 is 13.2 Å². The quantitative estimate of drug-likeness (QED) is 0.694. The molecule has 1 aliphatic rings. The van der Waals surface area contributed by atoms with E-state index < -0.39 is 9.84 Å². The molecular weight excluding hydrogens is 240 g/mol. The number of hydrogen-bond donors (Lipinski definition) is 2. The van der Waals surface area contributed by atoms with Crippen LogP contribution in [0.15, 0.2) is 0 Å². The van der Waals surface area contributed by atoms with Gasteiger partial charge in [-0.15, -0.1) is 0 Å². The summed E-state index contributed by atoms with van der Waals surface area (Å²) in [4.78, 5) is 0. The lowest BCUT2D eigenvalue weighted by Crippen LogP contribution is -2.47. The molecule has 3 unspecified atom stereocenters. The van der Waals surface area contributed by atoms with Crippen LogP contribution >= 0.6 is 0 Å². The van der Waals surface area contributed by atoms with E-state index in [1.165, 1.54) is 6.26 Å². The fraction of sp³-hybridized carbons (Fsp3) is 1.00. The molecule has 1 rings (SSSR count). The van der Waals surface area contributed by atoms with Crippen molar-refractivity contribution in [1.82, 2.24) is 10.6 Å². The lowest BCUT2D eigenvalue weighted by Gasteiger charge is -2.28. The topological polar surface area (TPSA) is 67.4 Å². The third-order valence-corrected chi connectivity index (χ3v) is 3.86. The van der Waals surface area contributed by atoms with E-state index in [1.54, 1.807) is 0 Å². The molecule has 5 nitrogen and oxygen atoms in total. The van der Waals surface area contributed by atoms with Gasteiger partial charge in [0.15, 0.2) is 0 Å². The summed E-state index contributed by atoms with van der Waals surface area (Å²) < 4.78 is 27.7. The van der Waals surface area contributed by atoms with E-state index in [-0.39, 0.29) is 17.8 Å². The van der Waals surface area contributed by atoms with E-state index >= 15 is 0 Å². The van der Waals surface area contributed by atoms with Gasteiger partial charge in [-0.1, -0.05) is 0 Å². The van der Waals surface area contributed by atoms with Gasteiger partial charge in [0.2, 0.25) is 0 Å². The van der Waals surface area contributed by atoms with Gasteiger partial charge in [0.05, 0.1) is 19.0 Å². The van der Waals surface area contributed by atoms with E-state index in [9.17, 15) is 8.42 Å². The van der Waals surface area contributed by atoms with Gasteiger partial charge >= 0.3 is 0 Å². The molecule has 0 bridgehead atoms. The zero-order valence-corrected chi connectivity index (χ0v) is 11.7. The summed E-state index contributed by atoms with van der Waals surface area (Å²) in [5.41, 5.74) is 0. The van der Waals surface area contributed by atoms with Gasteiger partial charge in [0.25, 0.3) is 0 Å². The molecule has 0 amide bonds. The Hall–Kier alpha value is -0.170. The molecule has 0 saturated carbocycles. The predicted octanol–water partition coefficient (Wildman–Crippen LogP) is -0.224. The molecule has 3 atom stereocenters. The maximum Gasteiger partial charge on any atom is 0.148 e. The highest BCUT2D eigenvalue weighted by molar-refractivity contribution is 7.90. The van der Waals surface area contributed by atoms with Gasteiger partial charge < -0.3 is 15.4 Å². The molecule has 0 radical (unpaired) electrons. The second kappa shape index (κ2) is 6.68. The summed E-state index contributed by atoms with van der Waals surface area (Å²) in [5, 5.41) is 6.70. The normalized spacial score (nSPS) is 25.5. The highest BCUT2D eigenvalue weighted by atomic mass is 32.2. The smallest absolute Gasteiger partial charge is 0.148 e. The summed E-state index contributed by atoms with van der Waals surface area (Å²) in [6.45, 7) is 6.41. The Labute approximate surface area is 104 Å². The fourth-order valence-corrected chi connectivity index (χ4v) is 3.26. The van der Waals surface area contributed by atoms with Crippen LogP contribution in [0, 0.1) is 0 Å². The molecule has 0 aromatic rings. The van der Waals surface area contributed by atoms with Crippen molar-refractivity contribution in [3.63, 3.8) is 0 Å². The van der Waals surface area contributed by atoms with Crippen molar-refractivity contribution in [3.8, 4) is 0 Å². The van der Waals surface area contributed by atoms with Crippen LogP contribution in [0.3, 0.4) is 0 Å². The Balaban J connectivity index is 2.25. The molecular formula is C11H24N2O3S. The summed E-state index contributed by atoms with van der Waals surface area (Å²) in [6, 6.07) is 0.646. The van der Waals surface area contributed by atoms with Crippen molar-refractivity contribution in [3.05, 3.63) is 0 Å². The average molecular weight is 264 g/mol. The van der Waals surface area contributed by atoms with E-state index in [1.807, 2.05) is 6.92 Å². The van der Waals surface area contributed by atoms with Crippen LogP contribution in [0.4, 0.5) is 0 Å². The Kier molecular flexibility index (Phi) is 5.85. The number of morpholine rings is 1. The molecule has 0 aliphatic carbocycles. The molecule has 17 heavy (non-hydrogen) atoms. The zero-order valence-electron chi connectivity index (χ0n) is 10.9. The van der Waals surface area contributed by atoms with Crippen LogP contribution in [0.2, 0.25) is 0 Å². The maximum atomic E-state index is 11.1. The second-order valence-corrected chi connectivity index (χ2v) is 7.21. The first-order valence-electron chi connectivity index (χ1n) is 6.11. The second-order valence-electron chi connectivity index (χ2n) is 5.02. The minimum absolute atomic E-state index is 0.00971. The van der Waals surface area contributed by atoms with E-state index in [0.29, 0.717) is 6.04 Å². The lowest BCUT2D eigenvalue weighted by atomic mass is 10.1. The van der Waals surface area contributed by atoms with Crippen molar-refractivity contribution in [1.29, 1.82) is 0 Å². The minimum atomic E-state index is -2.90. The van der Waals surface area contributed by atoms with Crippen molar-refractivity contribution in [2.24, 2.45) is 0 Å². The van der Waals surface area contributed by atoms with Crippen molar-refractivity contribution >= 4 is 9.84 Å². The van der Waals surface area contributed by atoms with Gasteiger partial charge in [-0.2, -0.15) is 0 Å². The fourth-order valence-electron chi connectivity index (χ4n) is 2.25. The molecule has 102 valence electrons. The van der Waals surface area contributed by atoms with Crippen LogP contribution < -0.4 is 10.6 Å². The minimum Gasteiger partial charge on any atom is -0.379 e. The summed E-state index contributed by atoms with van der Waals surface area (Å²) >= 11 is 0. The van der Waals surface area contributed by atoms with Gasteiger partial charge in [-0.3, -0.25) is 0 Å². The van der Waals surface area contributed by atoms with Crippen LogP contribution in [0.25, 0.3) is 0 Å². The third-order valence-electron chi connectivity index (χ3n) is 2.76. The van der Waals surface area contributed by atoms with Crippen LogP contribution in [-0.4, -0.2) is 58.3 Å². The highest BCUT2D eigenvalue weighted by Gasteiger charge is 2.18. The first kappa shape index (κ1) is 14.9. The van der Waals surface area contributed by atoms with Gasteiger partial charge in [-0.25, -0.2) is 8.42 Å². The molecule has 1 aliphatic heterocycles. The molecule has 0 aromatic heterocycles. The summed E-state index contributed by atoms with van der Waals surface area (Å²) in [7, 11) is -2.90. The molecule has 1 fully saturated rings. The largest absolute Gasteiger partial charge is 0.379 e. The highest BCUT2D eigenvalue weighted by Crippen LogP contribution is 2.04.